The molecule has 18 heavy (non-hydrogen) atoms. The molecular formula is C12H13BrN4O. The van der Waals surface area contributed by atoms with Crippen LogP contribution in [0.1, 0.15) is 35.0 Å². The van der Waals surface area contributed by atoms with Gasteiger partial charge in [0, 0.05) is 4.47 Å². The maximum Gasteiger partial charge on any atom is 0.291 e. The van der Waals surface area contributed by atoms with Crippen molar-refractivity contribution < 1.29 is 4.79 Å². The summed E-state index contributed by atoms with van der Waals surface area (Å²) in [5, 5.41) is 9.31. The van der Waals surface area contributed by atoms with Gasteiger partial charge in [-0.3, -0.25) is 9.89 Å². The van der Waals surface area contributed by atoms with Crippen LogP contribution in [0.15, 0.2) is 28.7 Å². The lowest BCUT2D eigenvalue weighted by atomic mass is 10.1. The number of aryl methyl sites for hydroxylation is 1. The van der Waals surface area contributed by atoms with Crippen molar-refractivity contribution >= 4 is 21.8 Å². The number of benzene rings is 1. The van der Waals surface area contributed by atoms with Gasteiger partial charge in [0.2, 0.25) is 5.82 Å². The Hall–Kier alpha value is -1.69. The molecule has 0 saturated carbocycles. The van der Waals surface area contributed by atoms with Gasteiger partial charge in [-0.1, -0.05) is 28.1 Å². The van der Waals surface area contributed by atoms with Crippen LogP contribution >= 0.6 is 15.9 Å². The van der Waals surface area contributed by atoms with Gasteiger partial charge in [-0.15, -0.1) is 5.10 Å². The van der Waals surface area contributed by atoms with E-state index in [0.29, 0.717) is 5.82 Å². The molecule has 1 amide bonds. The quantitative estimate of drug-likeness (QED) is 0.914. The van der Waals surface area contributed by atoms with Crippen LogP contribution in [-0.4, -0.2) is 21.1 Å². The third kappa shape index (κ3) is 2.95. The number of aromatic nitrogens is 3. The largest absolute Gasteiger partial charge is 0.343 e. The fourth-order valence-electron chi connectivity index (χ4n) is 1.54. The average Bonchev–Trinajstić information content (AvgIpc) is 2.76. The first-order valence-corrected chi connectivity index (χ1v) is 6.31. The molecule has 5 nitrogen and oxygen atoms in total. The summed E-state index contributed by atoms with van der Waals surface area (Å²) in [6.45, 7) is 3.67. The Morgan fingerprint density at radius 2 is 2.06 bits per heavy atom. The molecule has 1 unspecified atom stereocenters. The van der Waals surface area contributed by atoms with Gasteiger partial charge in [-0.05, 0) is 31.5 Å². The number of nitrogens with one attached hydrogen (secondary N) is 2. The van der Waals surface area contributed by atoms with Crippen molar-refractivity contribution in [3.63, 3.8) is 0 Å². The molecule has 0 fully saturated rings. The Balaban J connectivity index is 2.05. The van der Waals surface area contributed by atoms with Gasteiger partial charge in [0.1, 0.15) is 5.82 Å². The molecule has 2 N–H and O–H groups in total. The summed E-state index contributed by atoms with van der Waals surface area (Å²) in [4.78, 5) is 15.8. The Morgan fingerprint density at radius 3 is 2.61 bits per heavy atom. The van der Waals surface area contributed by atoms with E-state index in [9.17, 15) is 4.79 Å². The highest BCUT2D eigenvalue weighted by atomic mass is 79.9. The molecule has 1 aromatic carbocycles. The second-order valence-corrected chi connectivity index (χ2v) is 4.91. The lowest BCUT2D eigenvalue weighted by Gasteiger charge is -2.12. The lowest BCUT2D eigenvalue weighted by molar-refractivity contribution is 0.0929. The Bertz CT molecular complexity index is 549. The molecule has 2 rings (SSSR count). The fraction of sp³-hybridized carbons (Fsp3) is 0.250. The van der Waals surface area contributed by atoms with Crippen LogP contribution in [0.25, 0.3) is 0 Å². The molecule has 0 aliphatic rings. The molecular weight excluding hydrogens is 296 g/mol. The summed E-state index contributed by atoms with van der Waals surface area (Å²) >= 11 is 3.37. The fourth-order valence-corrected chi connectivity index (χ4v) is 1.80. The summed E-state index contributed by atoms with van der Waals surface area (Å²) in [6, 6.07) is 7.70. The second-order valence-electron chi connectivity index (χ2n) is 3.99. The number of amides is 1. The van der Waals surface area contributed by atoms with E-state index in [0.717, 1.165) is 10.0 Å². The summed E-state index contributed by atoms with van der Waals surface area (Å²) in [5.41, 5.74) is 1.03. The number of nitrogens with zero attached hydrogens (tertiary/aromatic N) is 2. The van der Waals surface area contributed by atoms with E-state index >= 15 is 0 Å². The van der Waals surface area contributed by atoms with Crippen LogP contribution in [0, 0.1) is 6.92 Å². The molecule has 94 valence electrons. The first-order valence-electron chi connectivity index (χ1n) is 5.51. The standard InChI is InChI=1S/C12H13BrN4O/c1-7(9-3-5-10(13)6-4-9)14-12(18)11-15-8(2)16-17-11/h3-7H,1-2H3,(H,14,18)(H,15,16,17). The van der Waals surface area contributed by atoms with Gasteiger partial charge in [0.25, 0.3) is 5.91 Å². The van der Waals surface area contributed by atoms with Gasteiger partial charge in [0.05, 0.1) is 6.04 Å². The van der Waals surface area contributed by atoms with E-state index in [2.05, 4.69) is 36.4 Å². The molecule has 0 spiro atoms. The van der Waals surface area contributed by atoms with E-state index in [4.69, 9.17) is 0 Å². The molecule has 6 heteroatoms. The van der Waals surface area contributed by atoms with Crippen LogP contribution in [-0.2, 0) is 0 Å². The Morgan fingerprint density at radius 1 is 1.39 bits per heavy atom. The van der Waals surface area contributed by atoms with Crippen molar-refractivity contribution in [2.24, 2.45) is 0 Å². The normalized spacial score (nSPS) is 12.2. The zero-order valence-electron chi connectivity index (χ0n) is 10.1. The lowest BCUT2D eigenvalue weighted by Crippen LogP contribution is -2.27. The molecule has 1 aromatic heterocycles. The number of H-pyrrole nitrogens is 1. The molecule has 2 aromatic rings. The van der Waals surface area contributed by atoms with Crippen molar-refractivity contribution in [2.45, 2.75) is 19.9 Å². The van der Waals surface area contributed by atoms with Crippen molar-refractivity contribution in [3.05, 3.63) is 46.0 Å². The van der Waals surface area contributed by atoms with E-state index in [1.54, 1.807) is 6.92 Å². The predicted octanol–water partition coefficient (Wildman–Crippen LogP) is 2.37. The van der Waals surface area contributed by atoms with Gasteiger partial charge >= 0.3 is 0 Å². The minimum atomic E-state index is -0.283. The van der Waals surface area contributed by atoms with Crippen molar-refractivity contribution in [1.82, 2.24) is 20.5 Å². The van der Waals surface area contributed by atoms with Gasteiger partial charge in [-0.2, -0.15) is 0 Å². The van der Waals surface area contributed by atoms with Crippen LogP contribution in [0.2, 0.25) is 0 Å². The highest BCUT2D eigenvalue weighted by molar-refractivity contribution is 9.10. The monoisotopic (exact) mass is 308 g/mol. The molecule has 1 heterocycles. The zero-order valence-corrected chi connectivity index (χ0v) is 11.7. The van der Waals surface area contributed by atoms with Gasteiger partial charge in [-0.25, -0.2) is 4.98 Å². The van der Waals surface area contributed by atoms with E-state index in [-0.39, 0.29) is 17.8 Å². The van der Waals surface area contributed by atoms with Gasteiger partial charge in [0.15, 0.2) is 0 Å². The SMILES string of the molecule is Cc1nc(C(=O)NC(C)c2ccc(Br)cc2)n[nH]1. The Kier molecular flexibility index (Phi) is 3.76. The second kappa shape index (κ2) is 5.30. The number of rotatable bonds is 3. The molecule has 0 saturated heterocycles. The number of carbonyl (C=O) groups is 1. The number of hydrogen-bond donors (Lipinski definition) is 2. The number of hydrogen-bond acceptors (Lipinski definition) is 3. The zero-order chi connectivity index (χ0) is 13.1. The van der Waals surface area contributed by atoms with Crippen molar-refractivity contribution in [1.29, 1.82) is 0 Å². The van der Waals surface area contributed by atoms with Crippen LogP contribution in [0.5, 0.6) is 0 Å². The molecule has 0 aliphatic heterocycles. The van der Waals surface area contributed by atoms with E-state index in [1.807, 2.05) is 31.2 Å². The smallest absolute Gasteiger partial charge is 0.291 e. The third-order valence-electron chi connectivity index (χ3n) is 2.52. The third-order valence-corrected chi connectivity index (χ3v) is 3.05. The Labute approximate surface area is 113 Å². The minimum Gasteiger partial charge on any atom is -0.343 e. The maximum absolute atomic E-state index is 11.8. The first kappa shape index (κ1) is 12.8. The van der Waals surface area contributed by atoms with Crippen LogP contribution in [0.4, 0.5) is 0 Å². The first-order chi connectivity index (χ1) is 8.56. The van der Waals surface area contributed by atoms with Crippen LogP contribution < -0.4 is 5.32 Å². The van der Waals surface area contributed by atoms with Crippen molar-refractivity contribution in [2.75, 3.05) is 0 Å². The summed E-state index contributed by atoms with van der Waals surface area (Å²) < 4.78 is 1.01. The summed E-state index contributed by atoms with van der Waals surface area (Å²) in [6.07, 6.45) is 0. The van der Waals surface area contributed by atoms with E-state index < -0.39 is 0 Å². The molecule has 0 radical (unpaired) electrons. The van der Waals surface area contributed by atoms with Crippen LogP contribution in [0.3, 0.4) is 0 Å². The highest BCUT2D eigenvalue weighted by Gasteiger charge is 2.14. The number of carbonyl (C=O) groups excluding carboxylic acids is 1. The maximum atomic E-state index is 11.8. The molecule has 0 aliphatic carbocycles. The summed E-state index contributed by atoms with van der Waals surface area (Å²) in [5.74, 6) is 0.502. The van der Waals surface area contributed by atoms with E-state index in [1.165, 1.54) is 0 Å². The predicted molar refractivity (Wildman–Crippen MR) is 71.1 cm³/mol. The number of aromatic amines is 1. The molecule has 0 bridgehead atoms. The topological polar surface area (TPSA) is 70.7 Å². The molecule has 1 atom stereocenters. The number of halogens is 1. The minimum absolute atomic E-state index is 0.0931. The summed E-state index contributed by atoms with van der Waals surface area (Å²) in [7, 11) is 0. The van der Waals surface area contributed by atoms with Crippen molar-refractivity contribution in [3.8, 4) is 0 Å². The average molecular weight is 309 g/mol. The van der Waals surface area contributed by atoms with Gasteiger partial charge < -0.3 is 5.32 Å². The highest BCUT2D eigenvalue weighted by Crippen LogP contribution is 2.16.